The summed E-state index contributed by atoms with van der Waals surface area (Å²) in [5.74, 6) is 2.39. The van der Waals surface area contributed by atoms with E-state index in [0.29, 0.717) is 5.95 Å². The maximum Gasteiger partial charge on any atom is 0.200 e. The van der Waals surface area contributed by atoms with E-state index in [0.717, 1.165) is 18.4 Å². The predicted octanol–water partition coefficient (Wildman–Crippen LogP) is 1.51. The average molecular weight is 165 g/mol. The molecule has 1 heterocycles. The standard InChI is InChI=1S/C9H15N3/c1-7-4-8(5-7)6-12-3-2-11-9(12)10/h2-3,7-8H,4-6H2,1H3,(H2,10,11). The molecule has 0 spiro atoms. The van der Waals surface area contributed by atoms with Crippen molar-refractivity contribution in [2.75, 3.05) is 5.73 Å². The molecule has 0 atom stereocenters. The first-order chi connectivity index (χ1) is 5.75. The van der Waals surface area contributed by atoms with Gasteiger partial charge in [0.1, 0.15) is 0 Å². The summed E-state index contributed by atoms with van der Waals surface area (Å²) in [6.07, 6.45) is 6.41. The third kappa shape index (κ3) is 1.31. The molecule has 2 N–H and O–H groups in total. The Morgan fingerprint density at radius 2 is 2.42 bits per heavy atom. The van der Waals surface area contributed by atoms with Gasteiger partial charge in [0.15, 0.2) is 5.95 Å². The Bertz CT molecular complexity index is 260. The molecule has 0 amide bonds. The van der Waals surface area contributed by atoms with Crippen molar-refractivity contribution in [3.63, 3.8) is 0 Å². The molecule has 3 nitrogen and oxygen atoms in total. The van der Waals surface area contributed by atoms with E-state index in [2.05, 4.69) is 11.9 Å². The van der Waals surface area contributed by atoms with E-state index in [9.17, 15) is 0 Å². The van der Waals surface area contributed by atoms with Crippen molar-refractivity contribution in [3.05, 3.63) is 12.4 Å². The lowest BCUT2D eigenvalue weighted by Crippen LogP contribution is -2.25. The molecule has 0 aliphatic heterocycles. The summed E-state index contributed by atoms with van der Waals surface area (Å²) in [6, 6.07) is 0. The molecule has 1 saturated carbocycles. The van der Waals surface area contributed by atoms with Crippen LogP contribution in [-0.4, -0.2) is 9.55 Å². The zero-order valence-corrected chi connectivity index (χ0v) is 7.40. The van der Waals surface area contributed by atoms with Crippen LogP contribution in [0.15, 0.2) is 12.4 Å². The van der Waals surface area contributed by atoms with E-state index >= 15 is 0 Å². The summed E-state index contributed by atoms with van der Waals surface area (Å²) in [6.45, 7) is 3.35. The van der Waals surface area contributed by atoms with Crippen LogP contribution in [0, 0.1) is 11.8 Å². The number of hydrogen-bond donors (Lipinski definition) is 1. The minimum Gasteiger partial charge on any atom is -0.369 e. The first-order valence-corrected chi connectivity index (χ1v) is 4.52. The average Bonchev–Trinajstić information content (AvgIpc) is 2.33. The van der Waals surface area contributed by atoms with Gasteiger partial charge in [-0.1, -0.05) is 6.92 Å². The van der Waals surface area contributed by atoms with Crippen molar-refractivity contribution in [1.82, 2.24) is 9.55 Å². The molecule has 1 aromatic heterocycles. The maximum atomic E-state index is 5.65. The van der Waals surface area contributed by atoms with Crippen molar-refractivity contribution >= 4 is 5.95 Å². The lowest BCUT2D eigenvalue weighted by atomic mass is 9.76. The van der Waals surface area contributed by atoms with E-state index < -0.39 is 0 Å². The second-order valence-corrected chi connectivity index (χ2v) is 3.88. The zero-order chi connectivity index (χ0) is 8.55. The number of imidazole rings is 1. The van der Waals surface area contributed by atoms with Crippen LogP contribution >= 0.6 is 0 Å². The van der Waals surface area contributed by atoms with E-state index in [1.54, 1.807) is 6.20 Å². The van der Waals surface area contributed by atoms with Crippen molar-refractivity contribution in [2.45, 2.75) is 26.3 Å². The van der Waals surface area contributed by atoms with E-state index in [4.69, 9.17) is 5.73 Å². The fourth-order valence-electron chi connectivity index (χ4n) is 1.99. The minimum atomic E-state index is 0.648. The number of rotatable bonds is 2. The van der Waals surface area contributed by atoms with Crippen LogP contribution in [0.4, 0.5) is 5.95 Å². The van der Waals surface area contributed by atoms with Gasteiger partial charge < -0.3 is 10.3 Å². The van der Waals surface area contributed by atoms with Gasteiger partial charge in [-0.15, -0.1) is 0 Å². The summed E-state index contributed by atoms with van der Waals surface area (Å²) in [4.78, 5) is 3.99. The highest BCUT2D eigenvalue weighted by atomic mass is 15.1. The topological polar surface area (TPSA) is 43.8 Å². The highest BCUT2D eigenvalue weighted by Crippen LogP contribution is 2.34. The quantitative estimate of drug-likeness (QED) is 0.722. The second kappa shape index (κ2) is 2.81. The molecule has 3 heteroatoms. The highest BCUT2D eigenvalue weighted by molar-refractivity contribution is 5.16. The van der Waals surface area contributed by atoms with Gasteiger partial charge in [0.2, 0.25) is 0 Å². The lowest BCUT2D eigenvalue weighted by molar-refractivity contribution is 0.188. The third-order valence-electron chi connectivity index (χ3n) is 2.67. The van der Waals surface area contributed by atoms with Crippen molar-refractivity contribution in [2.24, 2.45) is 11.8 Å². The van der Waals surface area contributed by atoms with Crippen molar-refractivity contribution < 1.29 is 0 Å². The number of aromatic nitrogens is 2. The molecule has 1 aliphatic carbocycles. The molecule has 0 aromatic carbocycles. The summed E-state index contributed by atoms with van der Waals surface area (Å²) < 4.78 is 2.04. The van der Waals surface area contributed by atoms with Gasteiger partial charge in [0.25, 0.3) is 0 Å². The molecular weight excluding hydrogens is 150 g/mol. The van der Waals surface area contributed by atoms with E-state index in [1.807, 2.05) is 10.8 Å². The van der Waals surface area contributed by atoms with E-state index in [1.165, 1.54) is 12.8 Å². The number of nitrogens with two attached hydrogens (primary N) is 1. The zero-order valence-electron chi connectivity index (χ0n) is 7.40. The summed E-state index contributed by atoms with van der Waals surface area (Å²) >= 11 is 0. The molecular formula is C9H15N3. The van der Waals surface area contributed by atoms with Crippen LogP contribution in [0.1, 0.15) is 19.8 Å². The highest BCUT2D eigenvalue weighted by Gasteiger charge is 2.25. The van der Waals surface area contributed by atoms with Gasteiger partial charge in [-0.2, -0.15) is 0 Å². The molecule has 1 aliphatic rings. The number of hydrogen-bond acceptors (Lipinski definition) is 2. The summed E-state index contributed by atoms with van der Waals surface area (Å²) in [7, 11) is 0. The first-order valence-electron chi connectivity index (χ1n) is 4.52. The van der Waals surface area contributed by atoms with E-state index in [-0.39, 0.29) is 0 Å². The predicted molar refractivity (Wildman–Crippen MR) is 48.5 cm³/mol. The molecule has 1 fully saturated rings. The third-order valence-corrected chi connectivity index (χ3v) is 2.67. The molecule has 0 saturated heterocycles. The Balaban J connectivity index is 1.92. The number of anilines is 1. The normalized spacial score (nSPS) is 28.4. The Hall–Kier alpha value is -0.990. The molecule has 0 unspecified atom stereocenters. The van der Waals surface area contributed by atoms with Crippen LogP contribution in [0.3, 0.4) is 0 Å². The fraction of sp³-hybridized carbons (Fsp3) is 0.667. The maximum absolute atomic E-state index is 5.65. The number of nitrogen functional groups attached to an aromatic ring is 1. The van der Waals surface area contributed by atoms with Crippen LogP contribution in [0.5, 0.6) is 0 Å². The lowest BCUT2D eigenvalue weighted by Gasteiger charge is -2.32. The van der Waals surface area contributed by atoms with Crippen molar-refractivity contribution in [1.29, 1.82) is 0 Å². The van der Waals surface area contributed by atoms with Crippen LogP contribution in [0.25, 0.3) is 0 Å². The van der Waals surface area contributed by atoms with Gasteiger partial charge in [0, 0.05) is 18.9 Å². The van der Waals surface area contributed by atoms with Crippen LogP contribution in [0.2, 0.25) is 0 Å². The second-order valence-electron chi connectivity index (χ2n) is 3.88. The van der Waals surface area contributed by atoms with Gasteiger partial charge in [-0.3, -0.25) is 0 Å². The minimum absolute atomic E-state index is 0.648. The molecule has 2 rings (SSSR count). The Kier molecular flexibility index (Phi) is 1.79. The molecule has 0 radical (unpaired) electrons. The smallest absolute Gasteiger partial charge is 0.200 e. The van der Waals surface area contributed by atoms with Gasteiger partial charge >= 0.3 is 0 Å². The molecule has 12 heavy (non-hydrogen) atoms. The molecule has 0 bridgehead atoms. The first kappa shape index (κ1) is 7.65. The van der Waals surface area contributed by atoms with Gasteiger partial charge in [-0.25, -0.2) is 4.98 Å². The summed E-state index contributed by atoms with van der Waals surface area (Å²) in [5.41, 5.74) is 5.65. The largest absolute Gasteiger partial charge is 0.369 e. The monoisotopic (exact) mass is 165 g/mol. The number of nitrogens with zero attached hydrogens (tertiary/aromatic N) is 2. The Morgan fingerprint density at radius 1 is 1.67 bits per heavy atom. The van der Waals surface area contributed by atoms with Crippen LogP contribution in [-0.2, 0) is 6.54 Å². The van der Waals surface area contributed by atoms with Crippen LogP contribution < -0.4 is 5.73 Å². The van der Waals surface area contributed by atoms with Gasteiger partial charge in [-0.05, 0) is 24.7 Å². The fourth-order valence-corrected chi connectivity index (χ4v) is 1.99. The van der Waals surface area contributed by atoms with Gasteiger partial charge in [0.05, 0.1) is 0 Å². The molecule has 66 valence electrons. The SMILES string of the molecule is CC1CC(Cn2ccnc2N)C1. The Morgan fingerprint density at radius 3 is 2.92 bits per heavy atom. The molecule has 1 aromatic rings. The Labute approximate surface area is 72.6 Å². The summed E-state index contributed by atoms with van der Waals surface area (Å²) in [5, 5.41) is 0. The van der Waals surface area contributed by atoms with Crippen molar-refractivity contribution in [3.8, 4) is 0 Å².